The van der Waals surface area contributed by atoms with Gasteiger partial charge in [-0.1, -0.05) is 13.8 Å². The van der Waals surface area contributed by atoms with Gasteiger partial charge < -0.3 is 10.6 Å². The highest BCUT2D eigenvalue weighted by Crippen LogP contribution is 2.34. The van der Waals surface area contributed by atoms with E-state index in [0.29, 0.717) is 5.92 Å². The second kappa shape index (κ2) is 4.74. The maximum atomic E-state index is 12.1. The van der Waals surface area contributed by atoms with Gasteiger partial charge in [0.15, 0.2) is 0 Å². The van der Waals surface area contributed by atoms with Crippen LogP contribution in [-0.2, 0) is 4.79 Å². The Morgan fingerprint density at radius 2 is 2.25 bits per heavy atom. The van der Waals surface area contributed by atoms with Crippen LogP contribution in [0.25, 0.3) is 0 Å². The van der Waals surface area contributed by atoms with Gasteiger partial charge in [0, 0.05) is 5.54 Å². The van der Waals surface area contributed by atoms with Crippen LogP contribution in [0, 0.1) is 5.92 Å². The van der Waals surface area contributed by atoms with E-state index in [4.69, 9.17) is 0 Å². The molecule has 2 aliphatic rings. The van der Waals surface area contributed by atoms with Crippen molar-refractivity contribution in [2.75, 3.05) is 6.54 Å². The molecule has 0 aromatic rings. The molecule has 1 aliphatic heterocycles. The van der Waals surface area contributed by atoms with Gasteiger partial charge in [-0.3, -0.25) is 4.79 Å². The van der Waals surface area contributed by atoms with Crippen molar-refractivity contribution in [3.63, 3.8) is 0 Å². The SMILES string of the molecule is CCC1(NC(=O)C2CC(C)CCN2)CCC1. The first-order valence-corrected chi connectivity index (χ1v) is 6.70. The molecule has 0 radical (unpaired) electrons. The summed E-state index contributed by atoms with van der Waals surface area (Å²) in [5.74, 6) is 0.907. The molecule has 1 aliphatic carbocycles. The molecule has 2 N–H and O–H groups in total. The van der Waals surface area contributed by atoms with Crippen LogP contribution in [0.5, 0.6) is 0 Å². The van der Waals surface area contributed by atoms with Crippen molar-refractivity contribution in [1.82, 2.24) is 10.6 Å². The zero-order valence-corrected chi connectivity index (χ0v) is 10.5. The summed E-state index contributed by atoms with van der Waals surface area (Å²) in [6, 6.07) is 0.0489. The van der Waals surface area contributed by atoms with Gasteiger partial charge in [-0.05, 0) is 51.0 Å². The highest BCUT2D eigenvalue weighted by atomic mass is 16.2. The molecule has 2 fully saturated rings. The van der Waals surface area contributed by atoms with E-state index in [0.717, 1.165) is 32.2 Å². The number of rotatable bonds is 3. The van der Waals surface area contributed by atoms with Gasteiger partial charge >= 0.3 is 0 Å². The second-order valence-corrected chi connectivity index (χ2v) is 5.61. The number of carbonyl (C=O) groups is 1. The molecule has 1 heterocycles. The molecule has 0 spiro atoms. The zero-order valence-electron chi connectivity index (χ0n) is 10.5. The molecular weight excluding hydrogens is 200 g/mol. The van der Waals surface area contributed by atoms with Gasteiger partial charge in [0.2, 0.25) is 5.91 Å². The topological polar surface area (TPSA) is 41.1 Å². The number of hydrogen-bond acceptors (Lipinski definition) is 2. The summed E-state index contributed by atoms with van der Waals surface area (Å²) in [5.41, 5.74) is 0.138. The summed E-state index contributed by atoms with van der Waals surface area (Å²) >= 11 is 0. The third-order valence-corrected chi connectivity index (χ3v) is 4.36. The minimum atomic E-state index is 0.0489. The molecule has 2 unspecified atom stereocenters. The Balaban J connectivity index is 1.87. The molecule has 2 rings (SSSR count). The molecule has 1 amide bonds. The van der Waals surface area contributed by atoms with Crippen LogP contribution in [0.15, 0.2) is 0 Å². The first kappa shape index (κ1) is 11.9. The van der Waals surface area contributed by atoms with Crippen molar-refractivity contribution in [2.24, 2.45) is 5.92 Å². The second-order valence-electron chi connectivity index (χ2n) is 5.61. The molecule has 1 saturated carbocycles. The van der Waals surface area contributed by atoms with Crippen LogP contribution in [-0.4, -0.2) is 24.0 Å². The quantitative estimate of drug-likeness (QED) is 0.768. The Kier molecular flexibility index (Phi) is 3.53. The van der Waals surface area contributed by atoms with E-state index in [2.05, 4.69) is 24.5 Å². The summed E-state index contributed by atoms with van der Waals surface area (Å²) in [4.78, 5) is 12.1. The zero-order chi connectivity index (χ0) is 11.6. The summed E-state index contributed by atoms with van der Waals surface area (Å²) in [5, 5.41) is 6.60. The van der Waals surface area contributed by atoms with Crippen molar-refractivity contribution >= 4 is 5.91 Å². The summed E-state index contributed by atoms with van der Waals surface area (Å²) in [7, 11) is 0. The smallest absolute Gasteiger partial charge is 0.237 e. The van der Waals surface area contributed by atoms with Gasteiger partial charge in [0.25, 0.3) is 0 Å². The molecule has 0 bridgehead atoms. The summed E-state index contributed by atoms with van der Waals surface area (Å²) in [6.07, 6.45) is 6.85. The highest BCUT2D eigenvalue weighted by molar-refractivity contribution is 5.82. The minimum absolute atomic E-state index is 0.0489. The Morgan fingerprint density at radius 1 is 1.50 bits per heavy atom. The number of hydrogen-bond donors (Lipinski definition) is 2. The average Bonchev–Trinajstić information content (AvgIpc) is 2.23. The molecule has 16 heavy (non-hydrogen) atoms. The van der Waals surface area contributed by atoms with Gasteiger partial charge in [0.05, 0.1) is 6.04 Å². The lowest BCUT2D eigenvalue weighted by Gasteiger charge is -2.43. The minimum Gasteiger partial charge on any atom is -0.349 e. The Labute approximate surface area is 98.4 Å². The highest BCUT2D eigenvalue weighted by Gasteiger charge is 2.38. The van der Waals surface area contributed by atoms with Crippen molar-refractivity contribution in [3.8, 4) is 0 Å². The third-order valence-electron chi connectivity index (χ3n) is 4.36. The number of piperidine rings is 1. The average molecular weight is 224 g/mol. The van der Waals surface area contributed by atoms with E-state index in [9.17, 15) is 4.79 Å². The maximum absolute atomic E-state index is 12.1. The Morgan fingerprint density at radius 3 is 2.75 bits per heavy atom. The molecule has 0 aromatic heterocycles. The maximum Gasteiger partial charge on any atom is 0.237 e. The summed E-state index contributed by atoms with van der Waals surface area (Å²) in [6.45, 7) is 5.40. The lowest BCUT2D eigenvalue weighted by atomic mass is 9.74. The largest absolute Gasteiger partial charge is 0.349 e. The first-order valence-electron chi connectivity index (χ1n) is 6.70. The van der Waals surface area contributed by atoms with Crippen molar-refractivity contribution in [3.05, 3.63) is 0 Å². The molecule has 2 atom stereocenters. The van der Waals surface area contributed by atoms with Gasteiger partial charge in [-0.15, -0.1) is 0 Å². The van der Waals surface area contributed by atoms with Crippen LogP contribution in [0.4, 0.5) is 0 Å². The standard InChI is InChI=1S/C13H24N2O/c1-3-13(6-4-7-13)15-12(16)11-9-10(2)5-8-14-11/h10-11,14H,3-9H2,1-2H3,(H,15,16). The lowest BCUT2D eigenvalue weighted by Crippen LogP contribution is -2.58. The summed E-state index contributed by atoms with van der Waals surface area (Å²) < 4.78 is 0. The lowest BCUT2D eigenvalue weighted by molar-refractivity contribution is -0.127. The fourth-order valence-electron chi connectivity index (χ4n) is 2.83. The van der Waals surface area contributed by atoms with E-state index in [-0.39, 0.29) is 17.5 Å². The van der Waals surface area contributed by atoms with E-state index < -0.39 is 0 Å². The molecule has 3 nitrogen and oxygen atoms in total. The van der Waals surface area contributed by atoms with Gasteiger partial charge in [0.1, 0.15) is 0 Å². The van der Waals surface area contributed by atoms with E-state index >= 15 is 0 Å². The molecular formula is C13H24N2O. The van der Waals surface area contributed by atoms with Crippen molar-refractivity contribution < 1.29 is 4.79 Å². The van der Waals surface area contributed by atoms with Crippen LogP contribution in [0.1, 0.15) is 52.4 Å². The number of amides is 1. The fourth-order valence-corrected chi connectivity index (χ4v) is 2.83. The molecule has 92 valence electrons. The van der Waals surface area contributed by atoms with Crippen molar-refractivity contribution in [2.45, 2.75) is 64.0 Å². The fraction of sp³-hybridized carbons (Fsp3) is 0.923. The van der Waals surface area contributed by atoms with Crippen LogP contribution >= 0.6 is 0 Å². The monoisotopic (exact) mass is 224 g/mol. The number of nitrogens with one attached hydrogen (secondary N) is 2. The Hall–Kier alpha value is -0.570. The van der Waals surface area contributed by atoms with E-state index in [1.165, 1.54) is 12.8 Å². The van der Waals surface area contributed by atoms with Gasteiger partial charge in [-0.2, -0.15) is 0 Å². The third kappa shape index (κ3) is 2.40. The van der Waals surface area contributed by atoms with Crippen molar-refractivity contribution in [1.29, 1.82) is 0 Å². The van der Waals surface area contributed by atoms with E-state index in [1.807, 2.05) is 0 Å². The van der Waals surface area contributed by atoms with Crippen LogP contribution in [0.3, 0.4) is 0 Å². The molecule has 1 saturated heterocycles. The van der Waals surface area contributed by atoms with Crippen LogP contribution < -0.4 is 10.6 Å². The predicted molar refractivity (Wildman–Crippen MR) is 65.2 cm³/mol. The Bertz CT molecular complexity index is 255. The first-order chi connectivity index (χ1) is 7.65. The normalized spacial score (nSPS) is 32.9. The van der Waals surface area contributed by atoms with Crippen LogP contribution in [0.2, 0.25) is 0 Å². The molecule has 3 heteroatoms. The van der Waals surface area contributed by atoms with Gasteiger partial charge in [-0.25, -0.2) is 0 Å². The predicted octanol–water partition coefficient (Wildman–Crippen LogP) is 1.82. The van der Waals surface area contributed by atoms with E-state index in [1.54, 1.807) is 0 Å². The molecule has 0 aromatic carbocycles. The number of carbonyl (C=O) groups excluding carboxylic acids is 1.